The first kappa shape index (κ1) is 14.9. The Morgan fingerprint density at radius 1 is 1.23 bits per heavy atom. The molecule has 0 bridgehead atoms. The zero-order valence-corrected chi connectivity index (χ0v) is 12.9. The summed E-state index contributed by atoms with van der Waals surface area (Å²) in [7, 11) is -2.17. The zero-order valence-electron chi connectivity index (χ0n) is 12.0. The van der Waals surface area contributed by atoms with Crippen LogP contribution in [0.4, 0.5) is 0 Å². The van der Waals surface area contributed by atoms with E-state index in [2.05, 4.69) is 5.32 Å². The van der Waals surface area contributed by atoms with Gasteiger partial charge in [0.05, 0.1) is 4.90 Å². The van der Waals surface area contributed by atoms with Crippen molar-refractivity contribution in [3.63, 3.8) is 0 Å². The van der Waals surface area contributed by atoms with Gasteiger partial charge in [-0.25, -0.2) is 8.42 Å². The molecule has 1 aromatic rings. The molecule has 0 atom stereocenters. The predicted octanol–water partition coefficient (Wildman–Crippen LogP) is 0.134. The molecule has 2 heterocycles. The van der Waals surface area contributed by atoms with Gasteiger partial charge in [0.2, 0.25) is 15.9 Å². The molecule has 0 spiro atoms. The number of nitrogens with zero attached hydrogens (tertiary/aromatic N) is 1. The van der Waals surface area contributed by atoms with Gasteiger partial charge >= 0.3 is 0 Å². The Labute approximate surface area is 128 Å². The fourth-order valence-electron chi connectivity index (χ4n) is 2.37. The molecule has 8 heteroatoms. The van der Waals surface area contributed by atoms with E-state index in [1.807, 2.05) is 0 Å². The van der Waals surface area contributed by atoms with Crippen molar-refractivity contribution in [1.82, 2.24) is 9.62 Å². The van der Waals surface area contributed by atoms with Crippen LogP contribution in [0.1, 0.15) is 0 Å². The van der Waals surface area contributed by atoms with Crippen molar-refractivity contribution in [1.29, 1.82) is 0 Å². The van der Waals surface area contributed by atoms with E-state index in [4.69, 9.17) is 9.47 Å². The zero-order chi connectivity index (χ0) is 15.7. The summed E-state index contributed by atoms with van der Waals surface area (Å²) in [5.74, 6) is 0.696. The average Bonchev–Trinajstić information content (AvgIpc) is 3.04. The number of amides is 1. The van der Waals surface area contributed by atoms with Crippen LogP contribution in [0.2, 0.25) is 0 Å². The molecule has 22 heavy (non-hydrogen) atoms. The first-order valence-electron chi connectivity index (χ1n) is 6.83. The molecular formula is C14H16N2O5S. The Kier molecular flexibility index (Phi) is 3.79. The number of fused-ring (bicyclic) bond motifs is 1. The number of carbonyl (C=O) groups excluding carboxylic acids is 1. The minimum atomic E-state index is -3.68. The molecule has 0 radical (unpaired) electrons. The van der Waals surface area contributed by atoms with Gasteiger partial charge < -0.3 is 14.8 Å². The van der Waals surface area contributed by atoms with E-state index in [-0.39, 0.29) is 23.9 Å². The number of ether oxygens (including phenoxy) is 2. The maximum absolute atomic E-state index is 12.6. The van der Waals surface area contributed by atoms with Crippen LogP contribution in [-0.2, 0) is 14.8 Å². The summed E-state index contributed by atoms with van der Waals surface area (Å²) in [5, 5.41) is 2.49. The van der Waals surface area contributed by atoms with Crippen molar-refractivity contribution in [2.45, 2.75) is 4.90 Å². The highest BCUT2D eigenvalue weighted by Crippen LogP contribution is 2.33. The first-order valence-corrected chi connectivity index (χ1v) is 8.27. The molecule has 0 aromatic heterocycles. The maximum atomic E-state index is 12.6. The monoisotopic (exact) mass is 324 g/mol. The number of hydrogen-bond donors (Lipinski definition) is 1. The summed E-state index contributed by atoms with van der Waals surface area (Å²) in [6.45, 7) is 1.09. The van der Waals surface area contributed by atoms with Gasteiger partial charge in [-0.2, -0.15) is 4.31 Å². The van der Waals surface area contributed by atoms with Gasteiger partial charge in [-0.15, -0.1) is 0 Å². The molecule has 0 saturated carbocycles. The Bertz CT molecular complexity index is 742. The van der Waals surface area contributed by atoms with Gasteiger partial charge in [-0.3, -0.25) is 4.79 Å². The molecule has 0 aliphatic carbocycles. The number of benzene rings is 1. The van der Waals surface area contributed by atoms with Crippen LogP contribution in [0.25, 0.3) is 0 Å². The van der Waals surface area contributed by atoms with Crippen LogP contribution in [0.3, 0.4) is 0 Å². The van der Waals surface area contributed by atoms with E-state index in [1.54, 1.807) is 12.1 Å². The van der Waals surface area contributed by atoms with Gasteiger partial charge in [0.25, 0.3) is 0 Å². The lowest BCUT2D eigenvalue weighted by molar-refractivity contribution is -0.117. The number of nitrogens with one attached hydrogen (secondary N) is 1. The molecule has 118 valence electrons. The topological polar surface area (TPSA) is 84.9 Å². The van der Waals surface area contributed by atoms with E-state index in [0.717, 1.165) is 0 Å². The quantitative estimate of drug-likeness (QED) is 0.854. The minimum Gasteiger partial charge on any atom is -0.486 e. The molecule has 0 saturated heterocycles. The molecule has 0 fully saturated rings. The standard InChI is InChI=1S/C14H16N2O5S/c1-15-14(17)10-4-5-16(9-10)22(18,19)11-2-3-12-13(8-11)21-7-6-20-12/h2-4,8H,5-7,9H2,1H3,(H,15,17). The minimum absolute atomic E-state index is 0.0659. The van der Waals surface area contributed by atoms with Gasteiger partial charge in [-0.05, 0) is 12.1 Å². The second-order valence-corrected chi connectivity index (χ2v) is 6.85. The summed E-state index contributed by atoms with van der Waals surface area (Å²) < 4.78 is 37.3. The SMILES string of the molecule is CNC(=O)C1=CCN(S(=O)(=O)c2ccc3c(c2)OCCO3)C1. The second kappa shape index (κ2) is 5.62. The van der Waals surface area contributed by atoms with Crippen molar-refractivity contribution in [3.8, 4) is 11.5 Å². The van der Waals surface area contributed by atoms with Crippen LogP contribution in [-0.4, -0.2) is 52.0 Å². The highest BCUT2D eigenvalue weighted by molar-refractivity contribution is 7.89. The third-order valence-corrected chi connectivity index (χ3v) is 5.37. The molecule has 7 nitrogen and oxygen atoms in total. The average molecular weight is 324 g/mol. The number of sulfonamides is 1. The lowest BCUT2D eigenvalue weighted by Gasteiger charge is -2.21. The van der Waals surface area contributed by atoms with E-state index >= 15 is 0 Å². The van der Waals surface area contributed by atoms with Crippen LogP contribution in [0.15, 0.2) is 34.7 Å². The number of carbonyl (C=O) groups is 1. The molecule has 1 aromatic carbocycles. The van der Waals surface area contributed by atoms with Gasteiger partial charge in [0.1, 0.15) is 13.2 Å². The summed E-state index contributed by atoms with van der Waals surface area (Å²) in [4.78, 5) is 11.7. The van der Waals surface area contributed by atoms with Crippen LogP contribution in [0.5, 0.6) is 11.5 Å². The van der Waals surface area contributed by atoms with Crippen molar-refractivity contribution < 1.29 is 22.7 Å². The Morgan fingerprint density at radius 3 is 2.68 bits per heavy atom. The second-order valence-electron chi connectivity index (χ2n) is 4.91. The van der Waals surface area contributed by atoms with Gasteiger partial charge in [0, 0.05) is 31.8 Å². The molecule has 3 rings (SSSR count). The van der Waals surface area contributed by atoms with Gasteiger partial charge in [-0.1, -0.05) is 6.08 Å². The normalized spacial score (nSPS) is 18.0. The Hall–Kier alpha value is -2.06. The summed E-state index contributed by atoms with van der Waals surface area (Å²) in [6, 6.07) is 4.53. The van der Waals surface area contributed by atoms with Crippen molar-refractivity contribution in [2.24, 2.45) is 0 Å². The molecule has 2 aliphatic heterocycles. The molecule has 2 aliphatic rings. The molecule has 0 unspecified atom stereocenters. The van der Waals surface area contributed by atoms with Crippen molar-refractivity contribution >= 4 is 15.9 Å². The van der Waals surface area contributed by atoms with Crippen LogP contribution < -0.4 is 14.8 Å². The number of likely N-dealkylation sites (N-methyl/N-ethyl adjacent to an activating group) is 1. The lowest BCUT2D eigenvalue weighted by Crippen LogP contribution is -2.31. The highest BCUT2D eigenvalue weighted by atomic mass is 32.2. The summed E-state index contributed by atoms with van der Waals surface area (Å²) in [6.07, 6.45) is 1.62. The van der Waals surface area contributed by atoms with Crippen molar-refractivity contribution in [2.75, 3.05) is 33.4 Å². The number of rotatable bonds is 3. The van der Waals surface area contributed by atoms with Gasteiger partial charge in [0.15, 0.2) is 11.5 Å². The molecular weight excluding hydrogens is 308 g/mol. The Morgan fingerprint density at radius 2 is 1.95 bits per heavy atom. The van der Waals surface area contributed by atoms with E-state index in [1.165, 1.54) is 23.5 Å². The fourth-order valence-corrected chi connectivity index (χ4v) is 3.75. The third-order valence-electron chi connectivity index (χ3n) is 3.56. The largest absolute Gasteiger partial charge is 0.486 e. The fraction of sp³-hybridized carbons (Fsp3) is 0.357. The smallest absolute Gasteiger partial charge is 0.248 e. The van der Waals surface area contributed by atoms with E-state index < -0.39 is 10.0 Å². The van der Waals surface area contributed by atoms with Crippen LogP contribution >= 0.6 is 0 Å². The molecule has 1 amide bonds. The highest BCUT2D eigenvalue weighted by Gasteiger charge is 2.31. The van der Waals surface area contributed by atoms with Crippen LogP contribution in [0, 0.1) is 0 Å². The first-order chi connectivity index (χ1) is 10.5. The Balaban J connectivity index is 1.84. The van der Waals surface area contributed by atoms with E-state index in [9.17, 15) is 13.2 Å². The maximum Gasteiger partial charge on any atom is 0.248 e. The number of hydrogen-bond acceptors (Lipinski definition) is 5. The lowest BCUT2D eigenvalue weighted by atomic mass is 10.3. The van der Waals surface area contributed by atoms with Crippen molar-refractivity contribution in [3.05, 3.63) is 29.8 Å². The summed E-state index contributed by atoms with van der Waals surface area (Å²) >= 11 is 0. The third kappa shape index (κ3) is 2.55. The molecule has 1 N–H and O–H groups in total. The predicted molar refractivity (Wildman–Crippen MR) is 78.3 cm³/mol. The summed E-state index contributed by atoms with van der Waals surface area (Å²) in [5.41, 5.74) is 0.448. The van der Waals surface area contributed by atoms with E-state index in [0.29, 0.717) is 30.3 Å².